The number of aromatic nitrogens is 4. The normalized spacial score (nSPS) is 19.0. The van der Waals surface area contributed by atoms with E-state index in [1.165, 1.54) is 23.4 Å². The van der Waals surface area contributed by atoms with Gasteiger partial charge in [0.15, 0.2) is 0 Å². The number of oxime groups is 1. The molecule has 0 unspecified atom stereocenters. The molecule has 5 rings (SSSR count). The van der Waals surface area contributed by atoms with E-state index in [1.807, 2.05) is 0 Å². The van der Waals surface area contributed by atoms with Crippen LogP contribution in [0.4, 0.5) is 14.9 Å². The number of benzene rings is 1. The molecule has 4 N–H and O–H groups in total. The van der Waals surface area contributed by atoms with Crippen molar-refractivity contribution in [3.05, 3.63) is 60.4 Å². The monoisotopic (exact) mass is 566 g/mol. The number of halogens is 1. The third-order valence-corrected chi connectivity index (χ3v) is 6.67. The molecule has 2 aromatic heterocycles. The zero-order valence-corrected chi connectivity index (χ0v) is 21.7. The van der Waals surface area contributed by atoms with E-state index in [0.717, 1.165) is 0 Å². The number of nitrogens with one attached hydrogen (secondary N) is 1. The number of hydrogen-bond acceptors (Lipinski definition) is 10. The first-order valence-corrected chi connectivity index (χ1v) is 12.8. The second-order valence-electron chi connectivity index (χ2n) is 9.61. The molecule has 3 aromatic rings. The van der Waals surface area contributed by atoms with Crippen molar-refractivity contribution in [2.75, 3.05) is 18.0 Å². The van der Waals surface area contributed by atoms with Crippen molar-refractivity contribution < 1.29 is 33.5 Å². The number of ether oxygens (including phenoxy) is 1. The number of nitrogens with two attached hydrogens (primary N) is 1. The van der Waals surface area contributed by atoms with Crippen LogP contribution >= 0.6 is 0 Å². The van der Waals surface area contributed by atoms with Gasteiger partial charge in [0.1, 0.15) is 29.8 Å². The molecular formula is C26H27FN8O6. The van der Waals surface area contributed by atoms with Crippen LogP contribution in [-0.4, -0.2) is 80.1 Å². The molecule has 0 spiro atoms. The molecule has 3 atom stereocenters. The van der Waals surface area contributed by atoms with Gasteiger partial charge in [-0.1, -0.05) is 16.4 Å². The van der Waals surface area contributed by atoms with Gasteiger partial charge in [0.05, 0.1) is 30.7 Å². The lowest BCUT2D eigenvalue weighted by molar-refractivity contribution is -0.139. The van der Waals surface area contributed by atoms with Crippen LogP contribution in [0.1, 0.15) is 25.0 Å². The van der Waals surface area contributed by atoms with Gasteiger partial charge in [0, 0.05) is 42.9 Å². The minimum atomic E-state index is -1.09. The molecule has 4 heterocycles. The Morgan fingerprint density at radius 2 is 2.10 bits per heavy atom. The molecule has 0 saturated carbocycles. The van der Waals surface area contributed by atoms with Crippen molar-refractivity contribution in [3.8, 4) is 11.1 Å². The second-order valence-corrected chi connectivity index (χ2v) is 9.61. The third-order valence-electron chi connectivity index (χ3n) is 6.67. The molecule has 0 bridgehead atoms. The number of carbonyl (C=O) groups excluding carboxylic acids is 2. The Balaban J connectivity index is 1.17. The average Bonchev–Trinajstić information content (AvgIpc) is 3.71. The molecule has 1 fully saturated rings. The van der Waals surface area contributed by atoms with Gasteiger partial charge in [-0.15, -0.1) is 5.10 Å². The Morgan fingerprint density at radius 3 is 2.78 bits per heavy atom. The SMILES string of the molecule is NC(=O)CC[C@H](NC[C@@H]1CC(c2ccc(-c3ccc(N4C[C@H](Cn5ccnn5)OC4=O)cc3F)cn2)=NO1)C(=O)O. The molecular weight excluding hydrogens is 539 g/mol. The first-order valence-electron chi connectivity index (χ1n) is 12.8. The number of primary amides is 1. The maximum atomic E-state index is 15.1. The molecule has 15 heteroatoms. The van der Waals surface area contributed by atoms with Crippen LogP contribution < -0.4 is 16.0 Å². The molecule has 41 heavy (non-hydrogen) atoms. The summed E-state index contributed by atoms with van der Waals surface area (Å²) in [7, 11) is 0. The fourth-order valence-electron chi connectivity index (χ4n) is 4.56. The molecule has 0 aliphatic carbocycles. The standard InChI is InChI=1S/C26H27FN8O6/c27-20-9-16(35-14-18(40-26(35)39)13-34-8-7-31-33-34)2-3-19(20)15-1-4-21(29-11-15)23-10-17(41-32-23)12-30-22(25(37)38)5-6-24(28)36/h1-4,7-9,11,17-18,22,30H,5-6,10,12-14H2,(H2,28,36)(H,37,38)/t17-,18-,22-/m0/s1. The van der Waals surface area contributed by atoms with Crippen LogP contribution in [0.15, 0.2) is 54.1 Å². The number of anilines is 1. The number of carbonyl (C=O) groups is 3. The number of carboxylic acids is 1. The number of carboxylic acid groups (broad SMARTS) is 1. The molecule has 2 amide bonds. The van der Waals surface area contributed by atoms with Gasteiger partial charge in [0.25, 0.3) is 0 Å². The van der Waals surface area contributed by atoms with Crippen LogP contribution in [0.2, 0.25) is 0 Å². The summed E-state index contributed by atoms with van der Waals surface area (Å²) in [4.78, 5) is 45.9. The molecule has 2 aliphatic heterocycles. The van der Waals surface area contributed by atoms with Crippen LogP contribution in [0.25, 0.3) is 11.1 Å². The Labute approximate surface area is 232 Å². The fourth-order valence-corrected chi connectivity index (χ4v) is 4.56. The van der Waals surface area contributed by atoms with E-state index < -0.39 is 42.0 Å². The topological polar surface area (TPSA) is 187 Å². The van der Waals surface area contributed by atoms with E-state index in [0.29, 0.717) is 41.2 Å². The molecule has 2 aliphatic rings. The van der Waals surface area contributed by atoms with E-state index >= 15 is 4.39 Å². The van der Waals surface area contributed by atoms with Gasteiger partial charge in [-0.25, -0.2) is 13.9 Å². The van der Waals surface area contributed by atoms with Gasteiger partial charge in [-0.05, 0) is 30.7 Å². The summed E-state index contributed by atoms with van der Waals surface area (Å²) in [5.41, 5.74) is 7.42. The number of hydrogen-bond donors (Lipinski definition) is 3. The zero-order chi connectivity index (χ0) is 28.9. The van der Waals surface area contributed by atoms with E-state index in [2.05, 4.69) is 25.8 Å². The van der Waals surface area contributed by atoms with Crippen LogP contribution in [0.3, 0.4) is 0 Å². The average molecular weight is 567 g/mol. The quantitative estimate of drug-likeness (QED) is 0.288. The number of pyridine rings is 1. The van der Waals surface area contributed by atoms with Gasteiger partial charge in [-0.3, -0.25) is 19.5 Å². The Bertz CT molecular complexity index is 1450. The van der Waals surface area contributed by atoms with Crippen LogP contribution in [0, 0.1) is 5.82 Å². The van der Waals surface area contributed by atoms with Crippen LogP contribution in [-0.2, 0) is 25.7 Å². The maximum Gasteiger partial charge on any atom is 0.414 e. The smallest absolute Gasteiger partial charge is 0.414 e. The first-order chi connectivity index (χ1) is 19.8. The third kappa shape index (κ3) is 6.63. The molecule has 1 saturated heterocycles. The largest absolute Gasteiger partial charge is 0.480 e. The number of aliphatic carboxylic acids is 1. The summed E-state index contributed by atoms with van der Waals surface area (Å²) in [5, 5.41) is 23.8. The Morgan fingerprint density at radius 1 is 1.24 bits per heavy atom. The van der Waals surface area contributed by atoms with E-state index in [1.54, 1.807) is 35.1 Å². The molecule has 0 radical (unpaired) electrons. The van der Waals surface area contributed by atoms with E-state index in [9.17, 15) is 19.5 Å². The van der Waals surface area contributed by atoms with Crippen molar-refractivity contribution in [3.63, 3.8) is 0 Å². The van der Waals surface area contributed by atoms with Crippen molar-refractivity contribution >= 4 is 29.4 Å². The Kier molecular flexibility index (Phi) is 8.14. The zero-order valence-electron chi connectivity index (χ0n) is 21.7. The van der Waals surface area contributed by atoms with Gasteiger partial charge in [0.2, 0.25) is 5.91 Å². The summed E-state index contributed by atoms with van der Waals surface area (Å²) in [6.45, 7) is 0.789. The summed E-state index contributed by atoms with van der Waals surface area (Å²) in [6, 6.07) is 6.96. The summed E-state index contributed by atoms with van der Waals surface area (Å²) >= 11 is 0. The number of rotatable bonds is 12. The predicted octanol–water partition coefficient (Wildman–Crippen LogP) is 1.31. The predicted molar refractivity (Wildman–Crippen MR) is 141 cm³/mol. The fraction of sp³-hybridized carbons (Fsp3) is 0.346. The maximum absolute atomic E-state index is 15.1. The summed E-state index contributed by atoms with van der Waals surface area (Å²) in [6.07, 6.45) is 3.69. The lowest BCUT2D eigenvalue weighted by atomic mass is 10.0. The van der Waals surface area contributed by atoms with Gasteiger partial charge < -0.3 is 25.7 Å². The highest BCUT2D eigenvalue weighted by Crippen LogP contribution is 2.29. The van der Waals surface area contributed by atoms with Crippen molar-refractivity contribution in [1.29, 1.82) is 0 Å². The molecule has 214 valence electrons. The highest BCUT2D eigenvalue weighted by Gasteiger charge is 2.33. The first kappa shape index (κ1) is 27.6. The van der Waals surface area contributed by atoms with Gasteiger partial charge in [-0.2, -0.15) is 0 Å². The van der Waals surface area contributed by atoms with Crippen molar-refractivity contribution in [2.45, 2.75) is 44.1 Å². The highest BCUT2D eigenvalue weighted by atomic mass is 19.1. The number of amides is 2. The minimum absolute atomic E-state index is 0.0486. The minimum Gasteiger partial charge on any atom is -0.480 e. The lowest BCUT2D eigenvalue weighted by Crippen LogP contribution is -2.41. The van der Waals surface area contributed by atoms with E-state index in [4.69, 9.17) is 15.3 Å². The number of cyclic esters (lactones) is 1. The van der Waals surface area contributed by atoms with E-state index in [-0.39, 0.29) is 25.9 Å². The van der Waals surface area contributed by atoms with Crippen LogP contribution in [0.5, 0.6) is 0 Å². The molecule has 14 nitrogen and oxygen atoms in total. The lowest BCUT2D eigenvalue weighted by Gasteiger charge is -2.16. The van der Waals surface area contributed by atoms with Crippen molar-refractivity contribution in [1.82, 2.24) is 25.3 Å². The summed E-state index contributed by atoms with van der Waals surface area (Å²) in [5.74, 6) is -2.19. The Hall–Kier alpha value is -4.92. The van der Waals surface area contributed by atoms with Crippen molar-refractivity contribution in [2.24, 2.45) is 10.9 Å². The highest BCUT2D eigenvalue weighted by molar-refractivity contribution is 5.99. The second kappa shape index (κ2) is 12.1. The van der Waals surface area contributed by atoms with Gasteiger partial charge >= 0.3 is 12.1 Å². The number of nitrogens with zero attached hydrogens (tertiary/aromatic N) is 6. The molecule has 1 aromatic carbocycles. The summed E-state index contributed by atoms with van der Waals surface area (Å²) < 4.78 is 22.1.